The molecule has 0 aromatic heterocycles. The molecular weight excluding hydrogens is 256 g/mol. The summed E-state index contributed by atoms with van der Waals surface area (Å²) < 4.78 is 0.909. The van der Waals surface area contributed by atoms with Crippen molar-refractivity contribution in [1.82, 2.24) is 5.32 Å². The van der Waals surface area contributed by atoms with Gasteiger partial charge < -0.3 is 10.6 Å². The molecule has 0 aliphatic carbocycles. The summed E-state index contributed by atoms with van der Waals surface area (Å²) in [6.45, 7) is 0.864. The molecule has 1 amide bonds. The van der Waals surface area contributed by atoms with Crippen LogP contribution in [-0.4, -0.2) is 19.5 Å². The van der Waals surface area contributed by atoms with Crippen LogP contribution in [0.4, 0.5) is 5.69 Å². The fourth-order valence-corrected chi connectivity index (χ4v) is 1.58. The monoisotopic (exact) mass is 270 g/mol. The number of benzene rings is 1. The number of hydrogen-bond acceptors (Lipinski definition) is 2. The van der Waals surface area contributed by atoms with Gasteiger partial charge in [0.15, 0.2) is 0 Å². The van der Waals surface area contributed by atoms with E-state index in [9.17, 15) is 4.79 Å². The van der Waals surface area contributed by atoms with Crippen LogP contribution < -0.4 is 10.6 Å². The minimum Gasteiger partial charge on any atom is -0.325 e. The van der Waals surface area contributed by atoms with E-state index in [0.29, 0.717) is 6.42 Å². The molecule has 0 unspecified atom stereocenters. The maximum atomic E-state index is 11.5. The first-order valence-electron chi connectivity index (χ1n) is 4.93. The second-order valence-electron chi connectivity index (χ2n) is 3.24. The minimum atomic E-state index is 0.0529. The molecule has 2 N–H and O–H groups in total. The van der Waals surface area contributed by atoms with Crippen LogP contribution in [0.25, 0.3) is 0 Å². The Bertz CT molecular complexity index is 328. The van der Waals surface area contributed by atoms with Crippen LogP contribution in [0, 0.1) is 0 Å². The Balaban J connectivity index is 2.41. The molecule has 0 saturated heterocycles. The van der Waals surface area contributed by atoms with Crippen molar-refractivity contribution in [2.75, 3.05) is 18.9 Å². The molecule has 0 atom stereocenters. The Morgan fingerprint density at radius 3 is 2.80 bits per heavy atom. The maximum absolute atomic E-state index is 11.5. The Hall–Kier alpha value is -0.870. The Labute approximate surface area is 98.4 Å². The van der Waals surface area contributed by atoms with Crippen molar-refractivity contribution in [2.24, 2.45) is 0 Å². The fourth-order valence-electron chi connectivity index (χ4n) is 1.20. The molecule has 0 aliphatic rings. The third-order valence-electron chi connectivity index (χ3n) is 1.98. The van der Waals surface area contributed by atoms with Gasteiger partial charge in [-0.15, -0.1) is 0 Å². The van der Waals surface area contributed by atoms with E-state index >= 15 is 0 Å². The summed E-state index contributed by atoms with van der Waals surface area (Å²) in [5.41, 5.74) is 0.826. The lowest BCUT2D eigenvalue weighted by Gasteiger charge is -2.06. The Morgan fingerprint density at radius 1 is 1.40 bits per heavy atom. The molecular formula is C11H15BrN2O. The number of rotatable bonds is 5. The lowest BCUT2D eigenvalue weighted by Crippen LogP contribution is -2.15. The molecule has 0 aliphatic heterocycles. The Morgan fingerprint density at radius 2 is 2.13 bits per heavy atom. The third kappa shape index (κ3) is 4.44. The van der Waals surface area contributed by atoms with Gasteiger partial charge in [0.05, 0.1) is 5.69 Å². The number of nitrogens with one attached hydrogen (secondary N) is 2. The molecule has 1 aromatic carbocycles. The van der Waals surface area contributed by atoms with Crippen molar-refractivity contribution in [3.05, 3.63) is 28.7 Å². The molecule has 0 fully saturated rings. The number of amides is 1. The van der Waals surface area contributed by atoms with Crippen molar-refractivity contribution in [3.63, 3.8) is 0 Å². The van der Waals surface area contributed by atoms with E-state index in [2.05, 4.69) is 26.6 Å². The second kappa shape index (κ2) is 6.58. The highest BCUT2D eigenvalue weighted by Gasteiger charge is 2.03. The second-order valence-corrected chi connectivity index (χ2v) is 4.09. The predicted octanol–water partition coefficient (Wildman–Crippen LogP) is 2.39. The van der Waals surface area contributed by atoms with Crippen molar-refractivity contribution in [1.29, 1.82) is 0 Å². The van der Waals surface area contributed by atoms with Gasteiger partial charge in [-0.2, -0.15) is 0 Å². The molecule has 0 spiro atoms. The smallest absolute Gasteiger partial charge is 0.224 e. The SMILES string of the molecule is CNCCCC(=O)Nc1ccccc1Br. The van der Waals surface area contributed by atoms with Gasteiger partial charge in [-0.25, -0.2) is 0 Å². The summed E-state index contributed by atoms with van der Waals surface area (Å²) >= 11 is 3.38. The van der Waals surface area contributed by atoms with Crippen LogP contribution in [-0.2, 0) is 4.79 Å². The Kier molecular flexibility index (Phi) is 5.36. The normalized spacial score (nSPS) is 10.0. The van der Waals surface area contributed by atoms with E-state index in [1.54, 1.807) is 0 Å². The van der Waals surface area contributed by atoms with Crippen LogP contribution in [0.1, 0.15) is 12.8 Å². The molecule has 0 saturated carbocycles. The van der Waals surface area contributed by atoms with Gasteiger partial charge in [-0.1, -0.05) is 12.1 Å². The van der Waals surface area contributed by atoms with E-state index in [-0.39, 0.29) is 5.91 Å². The first-order valence-corrected chi connectivity index (χ1v) is 5.72. The van der Waals surface area contributed by atoms with Crippen LogP contribution in [0.15, 0.2) is 28.7 Å². The summed E-state index contributed by atoms with van der Waals surface area (Å²) in [5, 5.41) is 5.86. The topological polar surface area (TPSA) is 41.1 Å². The molecule has 15 heavy (non-hydrogen) atoms. The zero-order valence-electron chi connectivity index (χ0n) is 8.72. The zero-order chi connectivity index (χ0) is 11.1. The first-order chi connectivity index (χ1) is 7.24. The highest BCUT2D eigenvalue weighted by Crippen LogP contribution is 2.21. The lowest BCUT2D eigenvalue weighted by molar-refractivity contribution is -0.116. The first kappa shape index (κ1) is 12.2. The largest absolute Gasteiger partial charge is 0.325 e. The van der Waals surface area contributed by atoms with Crippen LogP contribution in [0.5, 0.6) is 0 Å². The van der Waals surface area contributed by atoms with E-state index in [4.69, 9.17) is 0 Å². The van der Waals surface area contributed by atoms with Crippen molar-refractivity contribution in [3.8, 4) is 0 Å². The molecule has 3 nitrogen and oxygen atoms in total. The quantitative estimate of drug-likeness (QED) is 0.807. The van der Waals surface area contributed by atoms with Gasteiger partial charge >= 0.3 is 0 Å². The number of anilines is 1. The average Bonchev–Trinajstić information content (AvgIpc) is 2.22. The summed E-state index contributed by atoms with van der Waals surface area (Å²) in [7, 11) is 1.88. The van der Waals surface area contributed by atoms with E-state index < -0.39 is 0 Å². The van der Waals surface area contributed by atoms with Crippen LogP contribution in [0.3, 0.4) is 0 Å². The van der Waals surface area contributed by atoms with Crippen molar-refractivity contribution in [2.45, 2.75) is 12.8 Å². The highest BCUT2D eigenvalue weighted by molar-refractivity contribution is 9.10. The van der Waals surface area contributed by atoms with E-state index in [0.717, 1.165) is 23.1 Å². The van der Waals surface area contributed by atoms with Crippen molar-refractivity contribution < 1.29 is 4.79 Å². The van der Waals surface area contributed by atoms with Gasteiger partial charge in [-0.3, -0.25) is 4.79 Å². The summed E-state index contributed by atoms with van der Waals surface area (Å²) in [6.07, 6.45) is 1.40. The van der Waals surface area contributed by atoms with E-state index in [1.807, 2.05) is 31.3 Å². The molecule has 1 aromatic rings. The molecule has 0 bridgehead atoms. The van der Waals surface area contributed by atoms with Gasteiger partial charge in [-0.05, 0) is 48.1 Å². The van der Waals surface area contributed by atoms with Gasteiger partial charge in [0, 0.05) is 10.9 Å². The average molecular weight is 271 g/mol. The van der Waals surface area contributed by atoms with Crippen LogP contribution in [0.2, 0.25) is 0 Å². The maximum Gasteiger partial charge on any atom is 0.224 e. The molecule has 0 heterocycles. The number of carbonyl (C=O) groups is 1. The number of para-hydroxylation sites is 1. The van der Waals surface area contributed by atoms with Gasteiger partial charge in [0.1, 0.15) is 0 Å². The van der Waals surface area contributed by atoms with Gasteiger partial charge in [0.25, 0.3) is 0 Å². The summed E-state index contributed by atoms with van der Waals surface area (Å²) in [6, 6.07) is 7.60. The molecule has 1 rings (SSSR count). The number of hydrogen-bond donors (Lipinski definition) is 2. The molecule has 82 valence electrons. The molecule has 0 radical (unpaired) electrons. The zero-order valence-corrected chi connectivity index (χ0v) is 10.3. The fraction of sp³-hybridized carbons (Fsp3) is 0.364. The predicted molar refractivity (Wildman–Crippen MR) is 65.9 cm³/mol. The number of halogens is 1. The summed E-state index contributed by atoms with van der Waals surface area (Å²) in [4.78, 5) is 11.5. The molecule has 4 heteroatoms. The van der Waals surface area contributed by atoms with Gasteiger partial charge in [0.2, 0.25) is 5.91 Å². The third-order valence-corrected chi connectivity index (χ3v) is 2.67. The standard InChI is InChI=1S/C11H15BrN2O/c1-13-8-4-7-11(15)14-10-6-3-2-5-9(10)12/h2-3,5-6,13H,4,7-8H2,1H3,(H,14,15). The van der Waals surface area contributed by atoms with Crippen molar-refractivity contribution >= 4 is 27.5 Å². The highest BCUT2D eigenvalue weighted by atomic mass is 79.9. The number of carbonyl (C=O) groups excluding carboxylic acids is 1. The lowest BCUT2D eigenvalue weighted by atomic mass is 10.2. The van der Waals surface area contributed by atoms with Crippen LogP contribution >= 0.6 is 15.9 Å². The van der Waals surface area contributed by atoms with E-state index in [1.165, 1.54) is 0 Å². The minimum absolute atomic E-state index is 0.0529. The summed E-state index contributed by atoms with van der Waals surface area (Å²) in [5.74, 6) is 0.0529.